The lowest BCUT2D eigenvalue weighted by atomic mass is 9.60. The fourth-order valence-electron chi connectivity index (χ4n) is 7.14. The summed E-state index contributed by atoms with van der Waals surface area (Å²) in [5, 5.41) is 8.93. The predicted molar refractivity (Wildman–Crippen MR) is 214 cm³/mol. The summed E-state index contributed by atoms with van der Waals surface area (Å²) in [7, 11) is 0. The van der Waals surface area contributed by atoms with Gasteiger partial charge in [0, 0.05) is 28.4 Å². The molecule has 3 unspecified atom stereocenters. The maximum absolute atomic E-state index is 15.0. The number of nitrogens with one attached hydrogen (secondary N) is 1. The van der Waals surface area contributed by atoms with Crippen molar-refractivity contribution in [1.29, 1.82) is 5.41 Å². The highest BCUT2D eigenvalue weighted by atomic mass is 19.1. The highest BCUT2D eigenvalue weighted by Crippen LogP contribution is 2.52. The Morgan fingerprint density at radius 2 is 1.53 bits per heavy atom. The van der Waals surface area contributed by atoms with Crippen molar-refractivity contribution in [1.82, 2.24) is 0 Å². The molecule has 3 aliphatic rings. The number of benzene rings is 3. The van der Waals surface area contributed by atoms with Crippen LogP contribution in [0.1, 0.15) is 128 Å². The Morgan fingerprint density at radius 3 is 2.12 bits per heavy atom. The SMILES string of the molecule is CC.CC/C(=C\C(CC)c1ccccc1)c1ccccc1.CCC.CCC=CC1/C=C\c2cccc3c2C(=N)C2=C(C(F)=CCC21)C3(C)C. The van der Waals surface area contributed by atoms with Gasteiger partial charge in [-0.05, 0) is 71.1 Å². The van der Waals surface area contributed by atoms with Crippen molar-refractivity contribution >= 4 is 17.4 Å². The minimum Gasteiger partial charge on any atom is -0.300 e. The summed E-state index contributed by atoms with van der Waals surface area (Å²) in [6.45, 7) is 19.1. The standard InChI is InChI=1S/C23H24FN.C19H22.C3H8.C2H6/c1-4-5-7-14-10-11-15-8-6-9-17-19(15)22(25)20-16(14)12-13-18(24)21(20)23(17,2)3;1-3-16(18-11-7-5-8-12-18)15-17(4-2)19-13-9-6-10-14-19;1-3-2;1-2/h5-11,13-14,16,25H,4,12H2,1-3H3;5-16H,3-4H2,1-2H3;3H2,1-2H3;1-2H3/b7-5?,11-10-,25-22?;17-15+;;. The second-order valence-corrected chi connectivity index (χ2v) is 13.3. The number of hydrogen-bond donors (Lipinski definition) is 1. The van der Waals surface area contributed by atoms with Crippen LogP contribution in [0.3, 0.4) is 0 Å². The number of hydrogen-bond acceptors (Lipinski definition) is 1. The normalized spacial score (nSPS) is 19.8. The van der Waals surface area contributed by atoms with Crippen LogP contribution in [0.5, 0.6) is 0 Å². The molecule has 3 atom stereocenters. The Labute approximate surface area is 298 Å². The first-order valence-electron chi connectivity index (χ1n) is 18.7. The summed E-state index contributed by atoms with van der Waals surface area (Å²) >= 11 is 0. The molecule has 0 heterocycles. The lowest BCUT2D eigenvalue weighted by molar-refractivity contribution is 0.471. The minimum absolute atomic E-state index is 0.139. The molecule has 2 heteroatoms. The Hall–Kier alpha value is -4.04. The van der Waals surface area contributed by atoms with Gasteiger partial charge in [0.2, 0.25) is 0 Å². The molecule has 0 saturated carbocycles. The molecule has 0 fully saturated rings. The number of halogens is 1. The van der Waals surface area contributed by atoms with Gasteiger partial charge in [-0.15, -0.1) is 0 Å². The Bertz CT molecular complexity index is 1650. The summed E-state index contributed by atoms with van der Waals surface area (Å²) < 4.78 is 15.0. The molecule has 2 bridgehead atoms. The lowest BCUT2D eigenvalue weighted by Gasteiger charge is -2.43. The van der Waals surface area contributed by atoms with Crippen molar-refractivity contribution in [2.75, 3.05) is 0 Å². The quantitative estimate of drug-likeness (QED) is 0.245. The van der Waals surface area contributed by atoms with Crippen molar-refractivity contribution in [3.63, 3.8) is 0 Å². The van der Waals surface area contributed by atoms with Crippen LogP contribution in [-0.4, -0.2) is 5.71 Å². The summed E-state index contributed by atoms with van der Waals surface area (Å²) in [5.74, 6) is 0.707. The van der Waals surface area contributed by atoms with Gasteiger partial charge in [0.05, 0.1) is 5.71 Å². The van der Waals surface area contributed by atoms with E-state index >= 15 is 0 Å². The van der Waals surface area contributed by atoms with E-state index in [4.69, 9.17) is 5.41 Å². The maximum atomic E-state index is 15.0. The molecule has 0 aliphatic heterocycles. The first-order valence-corrected chi connectivity index (χ1v) is 18.7. The van der Waals surface area contributed by atoms with E-state index < -0.39 is 5.41 Å². The fraction of sp³-hybridized carbons (Fsp3) is 0.383. The van der Waals surface area contributed by atoms with Gasteiger partial charge in [0.15, 0.2) is 0 Å². The van der Waals surface area contributed by atoms with Gasteiger partial charge in [-0.1, -0.05) is 178 Å². The van der Waals surface area contributed by atoms with Gasteiger partial charge in [-0.25, -0.2) is 4.39 Å². The molecule has 6 rings (SSSR count). The monoisotopic (exact) mass is 657 g/mol. The van der Waals surface area contributed by atoms with Gasteiger partial charge >= 0.3 is 0 Å². The molecule has 3 aliphatic carbocycles. The number of rotatable bonds is 7. The summed E-state index contributed by atoms with van der Waals surface area (Å²) in [6, 6.07) is 27.6. The second-order valence-electron chi connectivity index (χ2n) is 13.3. The van der Waals surface area contributed by atoms with Gasteiger partial charge < -0.3 is 0 Å². The van der Waals surface area contributed by atoms with E-state index in [0.717, 1.165) is 47.1 Å². The van der Waals surface area contributed by atoms with E-state index in [0.29, 0.717) is 18.1 Å². The van der Waals surface area contributed by atoms with Crippen LogP contribution < -0.4 is 0 Å². The average molecular weight is 658 g/mol. The van der Waals surface area contributed by atoms with Crippen LogP contribution in [0, 0.1) is 17.2 Å². The van der Waals surface area contributed by atoms with E-state index in [1.807, 2.05) is 19.9 Å². The maximum Gasteiger partial charge on any atom is 0.123 e. The van der Waals surface area contributed by atoms with Crippen LogP contribution in [0.4, 0.5) is 4.39 Å². The van der Waals surface area contributed by atoms with Gasteiger partial charge in [0.25, 0.3) is 0 Å². The van der Waals surface area contributed by atoms with E-state index in [9.17, 15) is 4.39 Å². The van der Waals surface area contributed by atoms with Gasteiger partial charge in [-0.3, -0.25) is 5.41 Å². The Kier molecular flexibility index (Phi) is 15.5. The smallest absolute Gasteiger partial charge is 0.123 e. The Balaban J connectivity index is 0.000000242. The third kappa shape index (κ3) is 9.15. The summed E-state index contributed by atoms with van der Waals surface area (Å²) in [4.78, 5) is 0. The molecule has 0 aromatic heterocycles. The molecule has 0 radical (unpaired) electrons. The first kappa shape index (κ1) is 39.4. The molecule has 1 N–H and O–H groups in total. The van der Waals surface area contributed by atoms with E-state index in [1.165, 1.54) is 23.1 Å². The minimum atomic E-state index is -0.422. The van der Waals surface area contributed by atoms with Crippen molar-refractivity contribution in [3.05, 3.63) is 154 Å². The highest BCUT2D eigenvalue weighted by molar-refractivity contribution is 6.17. The molecular formula is C47H60FN. The molecule has 1 nitrogen and oxygen atoms in total. The van der Waals surface area contributed by atoms with Gasteiger partial charge in [-0.2, -0.15) is 0 Å². The Morgan fingerprint density at radius 1 is 0.898 bits per heavy atom. The van der Waals surface area contributed by atoms with Crippen molar-refractivity contribution in [3.8, 4) is 0 Å². The molecular weight excluding hydrogens is 598 g/mol. The van der Waals surface area contributed by atoms with E-state index in [-0.39, 0.29) is 17.7 Å². The van der Waals surface area contributed by atoms with Gasteiger partial charge in [0.1, 0.15) is 5.83 Å². The zero-order valence-electron chi connectivity index (χ0n) is 31.6. The first-order chi connectivity index (χ1) is 23.7. The fourth-order valence-corrected chi connectivity index (χ4v) is 7.14. The molecule has 0 spiro atoms. The molecule has 49 heavy (non-hydrogen) atoms. The second kappa shape index (κ2) is 19.2. The molecule has 3 aromatic rings. The van der Waals surface area contributed by atoms with Crippen molar-refractivity contribution in [2.24, 2.45) is 11.8 Å². The highest BCUT2D eigenvalue weighted by Gasteiger charge is 2.45. The van der Waals surface area contributed by atoms with Crippen molar-refractivity contribution < 1.29 is 4.39 Å². The van der Waals surface area contributed by atoms with Crippen LogP contribution in [-0.2, 0) is 5.41 Å². The average Bonchev–Trinajstić information content (AvgIpc) is 3.13. The van der Waals surface area contributed by atoms with Crippen LogP contribution >= 0.6 is 0 Å². The zero-order chi connectivity index (χ0) is 36.0. The summed E-state index contributed by atoms with van der Waals surface area (Å²) in [6.07, 6.45) is 18.1. The number of allylic oxidation sites excluding steroid dienone is 9. The molecule has 0 saturated heterocycles. The van der Waals surface area contributed by atoms with Crippen molar-refractivity contribution in [2.45, 2.75) is 106 Å². The van der Waals surface area contributed by atoms with E-state index in [2.05, 4.69) is 152 Å². The van der Waals surface area contributed by atoms with Crippen LogP contribution in [0.15, 0.2) is 126 Å². The predicted octanol–water partition coefficient (Wildman–Crippen LogP) is 14.2. The third-order valence-electron chi connectivity index (χ3n) is 9.50. The third-order valence-corrected chi connectivity index (χ3v) is 9.50. The molecule has 0 amide bonds. The largest absolute Gasteiger partial charge is 0.300 e. The molecule has 260 valence electrons. The molecule has 3 aromatic carbocycles. The topological polar surface area (TPSA) is 23.9 Å². The summed E-state index contributed by atoms with van der Waals surface area (Å²) in [5.41, 5.74) is 9.06. The van der Waals surface area contributed by atoms with Crippen LogP contribution in [0.25, 0.3) is 11.6 Å². The van der Waals surface area contributed by atoms with E-state index in [1.54, 1.807) is 6.08 Å². The zero-order valence-corrected chi connectivity index (χ0v) is 31.6. The lowest BCUT2D eigenvalue weighted by Crippen LogP contribution is -2.38. The van der Waals surface area contributed by atoms with Crippen LogP contribution in [0.2, 0.25) is 0 Å².